The van der Waals surface area contributed by atoms with E-state index >= 15 is 0 Å². The molecule has 0 saturated heterocycles. The molecular weight excluding hydrogens is 152 g/mol. The molecule has 1 aromatic carbocycles. The highest BCUT2D eigenvalue weighted by Gasteiger charge is 1.67. The van der Waals surface area contributed by atoms with Gasteiger partial charge in [0.25, 0.3) is 0 Å². The fourth-order valence-corrected chi connectivity index (χ4v) is 0.997. The molecule has 0 atom stereocenters. The Hall–Kier alpha value is -0.430. The third-order valence-corrected chi connectivity index (χ3v) is 1.89. The number of thioether (sulfide) groups is 1. The van der Waals surface area contributed by atoms with Gasteiger partial charge in [-0.3, -0.25) is 0 Å². The van der Waals surface area contributed by atoms with Crippen LogP contribution in [0.15, 0.2) is 36.4 Å². The molecule has 0 aliphatic heterocycles. The molecule has 0 amide bonds. The third-order valence-electron chi connectivity index (χ3n) is 1.07. The van der Waals surface area contributed by atoms with Gasteiger partial charge in [0.1, 0.15) is 0 Å². The molecule has 0 aliphatic rings. The lowest BCUT2D eigenvalue weighted by molar-refractivity contribution is 1.46. The molecule has 0 aliphatic carbocycles. The predicted molar refractivity (Wildman–Crippen MR) is 55.1 cm³/mol. The van der Waals surface area contributed by atoms with E-state index in [1.807, 2.05) is 48.2 Å². The maximum absolute atomic E-state index is 2.17. The summed E-state index contributed by atoms with van der Waals surface area (Å²) in [4.78, 5) is 0. The van der Waals surface area contributed by atoms with Gasteiger partial charge in [0.05, 0.1) is 0 Å². The lowest BCUT2D eigenvalue weighted by Crippen LogP contribution is -1.64. The quantitative estimate of drug-likeness (QED) is 0.652. The minimum Gasteiger partial charge on any atom is -0.163 e. The molecule has 0 fully saturated rings. The van der Waals surface area contributed by atoms with Crippen molar-refractivity contribution in [3.63, 3.8) is 0 Å². The van der Waals surface area contributed by atoms with Gasteiger partial charge in [-0.1, -0.05) is 50.2 Å². The minimum atomic E-state index is 1.26. The fraction of sp³-hybridized carbons (Fsp3) is 0.400. The molecule has 0 aromatic heterocycles. The summed E-state index contributed by atoms with van der Waals surface area (Å²) in [5.41, 5.74) is 0. The van der Waals surface area contributed by atoms with E-state index in [9.17, 15) is 0 Å². The first-order valence-corrected chi connectivity index (χ1v) is 5.15. The molecule has 0 N–H and O–H groups in total. The van der Waals surface area contributed by atoms with Crippen molar-refractivity contribution in [3.8, 4) is 0 Å². The molecule has 1 heteroatoms. The summed E-state index contributed by atoms with van der Waals surface area (Å²) >= 11 is 1.96. The molecule has 1 aromatic rings. The largest absolute Gasteiger partial charge is 0.163 e. The van der Waals surface area contributed by atoms with E-state index in [4.69, 9.17) is 0 Å². The molecule has 0 heterocycles. The van der Waals surface area contributed by atoms with Crippen LogP contribution in [0.2, 0.25) is 0 Å². The van der Waals surface area contributed by atoms with Crippen LogP contribution < -0.4 is 0 Å². The third kappa shape index (κ3) is 9.57. The first-order valence-electron chi connectivity index (χ1n) is 3.99. The molecule has 0 radical (unpaired) electrons. The smallest absolute Gasteiger partial charge is 0.00961 e. The van der Waals surface area contributed by atoms with Crippen LogP contribution in [0.4, 0.5) is 0 Å². The summed E-state index contributed by atoms with van der Waals surface area (Å²) in [5, 5.41) is 0. The average molecular weight is 168 g/mol. The highest BCUT2D eigenvalue weighted by molar-refractivity contribution is 7.99. The first kappa shape index (κ1) is 10.6. The maximum atomic E-state index is 2.17. The van der Waals surface area contributed by atoms with Crippen LogP contribution in [0.3, 0.4) is 0 Å². The van der Waals surface area contributed by atoms with Crippen molar-refractivity contribution in [2.45, 2.75) is 13.8 Å². The second kappa shape index (κ2) is 9.57. The van der Waals surface area contributed by atoms with Crippen LogP contribution in [-0.4, -0.2) is 11.5 Å². The Balaban J connectivity index is 0.000000187. The van der Waals surface area contributed by atoms with Gasteiger partial charge >= 0.3 is 0 Å². The van der Waals surface area contributed by atoms with Crippen LogP contribution in [-0.2, 0) is 0 Å². The van der Waals surface area contributed by atoms with Gasteiger partial charge in [-0.2, -0.15) is 11.8 Å². The van der Waals surface area contributed by atoms with Crippen molar-refractivity contribution >= 4 is 11.8 Å². The van der Waals surface area contributed by atoms with Gasteiger partial charge in [-0.25, -0.2) is 0 Å². The highest BCUT2D eigenvalue weighted by Crippen LogP contribution is 1.93. The van der Waals surface area contributed by atoms with Gasteiger partial charge in [0.2, 0.25) is 0 Å². The normalized spacial score (nSPS) is 8.18. The molecular formula is C10H16S. The average Bonchev–Trinajstić information content (AvgIpc) is 2.10. The number of hydrogen-bond acceptors (Lipinski definition) is 1. The summed E-state index contributed by atoms with van der Waals surface area (Å²) in [7, 11) is 0. The maximum Gasteiger partial charge on any atom is -0.00961 e. The lowest BCUT2D eigenvalue weighted by Gasteiger charge is -1.80. The van der Waals surface area contributed by atoms with E-state index in [2.05, 4.69) is 13.8 Å². The van der Waals surface area contributed by atoms with E-state index in [0.717, 1.165) is 0 Å². The first-order chi connectivity index (χ1) is 5.41. The second-order valence-electron chi connectivity index (χ2n) is 1.94. The second-order valence-corrected chi connectivity index (χ2v) is 3.50. The van der Waals surface area contributed by atoms with Gasteiger partial charge < -0.3 is 0 Å². The van der Waals surface area contributed by atoms with Crippen molar-refractivity contribution in [2.24, 2.45) is 0 Å². The predicted octanol–water partition coefficient (Wildman–Crippen LogP) is 3.45. The standard InChI is InChI=1S/C6H6.C4H10S/c1-2-4-6-5-3-1;1-3-5-4-2/h1-6H;3-4H2,1-2H3. The van der Waals surface area contributed by atoms with Gasteiger partial charge in [-0.05, 0) is 11.5 Å². The van der Waals surface area contributed by atoms with E-state index < -0.39 is 0 Å². The lowest BCUT2D eigenvalue weighted by atomic mass is 10.4. The van der Waals surface area contributed by atoms with Crippen LogP contribution in [0.25, 0.3) is 0 Å². The monoisotopic (exact) mass is 168 g/mol. The Morgan fingerprint density at radius 2 is 1.00 bits per heavy atom. The van der Waals surface area contributed by atoms with E-state index in [0.29, 0.717) is 0 Å². The Morgan fingerprint density at radius 3 is 1.09 bits per heavy atom. The van der Waals surface area contributed by atoms with E-state index in [-0.39, 0.29) is 0 Å². The van der Waals surface area contributed by atoms with Gasteiger partial charge in [0.15, 0.2) is 0 Å². The van der Waals surface area contributed by atoms with Crippen molar-refractivity contribution < 1.29 is 0 Å². The number of benzene rings is 1. The van der Waals surface area contributed by atoms with Crippen LogP contribution >= 0.6 is 11.8 Å². The van der Waals surface area contributed by atoms with E-state index in [1.54, 1.807) is 0 Å². The van der Waals surface area contributed by atoms with Crippen molar-refractivity contribution in [1.82, 2.24) is 0 Å². The number of hydrogen-bond donors (Lipinski definition) is 0. The highest BCUT2D eigenvalue weighted by atomic mass is 32.2. The zero-order valence-corrected chi connectivity index (χ0v) is 8.10. The molecule has 1 rings (SSSR count). The summed E-state index contributed by atoms with van der Waals surface area (Å²) in [6.07, 6.45) is 0. The van der Waals surface area contributed by atoms with Crippen LogP contribution in [0.1, 0.15) is 13.8 Å². The number of rotatable bonds is 2. The van der Waals surface area contributed by atoms with Crippen LogP contribution in [0.5, 0.6) is 0 Å². The molecule has 0 unspecified atom stereocenters. The Morgan fingerprint density at radius 1 is 0.727 bits per heavy atom. The fourth-order valence-electron chi connectivity index (χ4n) is 0.589. The van der Waals surface area contributed by atoms with Gasteiger partial charge in [-0.15, -0.1) is 0 Å². The molecule has 62 valence electrons. The van der Waals surface area contributed by atoms with Crippen molar-refractivity contribution in [3.05, 3.63) is 36.4 Å². The SMILES string of the molecule is CCSCC.c1ccccc1. The summed E-state index contributed by atoms with van der Waals surface area (Å²) in [5.74, 6) is 2.52. The molecule has 0 nitrogen and oxygen atoms in total. The Labute approximate surface area is 74.0 Å². The zero-order chi connectivity index (χ0) is 8.36. The molecule has 0 bridgehead atoms. The molecule has 0 spiro atoms. The minimum absolute atomic E-state index is 1.26. The van der Waals surface area contributed by atoms with E-state index in [1.165, 1.54) is 11.5 Å². The zero-order valence-electron chi connectivity index (χ0n) is 7.29. The molecule has 11 heavy (non-hydrogen) atoms. The summed E-state index contributed by atoms with van der Waals surface area (Å²) in [6, 6.07) is 12.0. The summed E-state index contributed by atoms with van der Waals surface area (Å²) in [6.45, 7) is 4.35. The van der Waals surface area contributed by atoms with Crippen molar-refractivity contribution in [1.29, 1.82) is 0 Å². The van der Waals surface area contributed by atoms with Crippen molar-refractivity contribution in [2.75, 3.05) is 11.5 Å². The molecule has 0 saturated carbocycles. The summed E-state index contributed by atoms with van der Waals surface area (Å²) < 4.78 is 0. The van der Waals surface area contributed by atoms with Crippen LogP contribution in [0, 0.1) is 0 Å². The Kier molecular flexibility index (Phi) is 9.20. The topological polar surface area (TPSA) is 0 Å². The Bertz CT molecular complexity index is 108. The van der Waals surface area contributed by atoms with Gasteiger partial charge in [0, 0.05) is 0 Å².